The number of aryl methyl sites for hydroxylation is 1. The number of nitrogens with two attached hydrogens (primary N) is 1. The summed E-state index contributed by atoms with van der Waals surface area (Å²) >= 11 is 1.35. The molecule has 1 heterocycles. The minimum atomic E-state index is -4.34. The summed E-state index contributed by atoms with van der Waals surface area (Å²) in [5, 5.41) is 2.02. The number of hydrogen-bond donors (Lipinski definition) is 1. The molecular weight excluding hydrogens is 345 g/mol. The summed E-state index contributed by atoms with van der Waals surface area (Å²) in [6.45, 7) is 1.93. The van der Waals surface area contributed by atoms with Crippen LogP contribution in [0, 0.1) is 0 Å². The maximum Gasteiger partial charge on any atom is 0.416 e. The highest BCUT2D eigenvalue weighted by Crippen LogP contribution is 2.39. The largest absolute Gasteiger partial charge is 0.416 e. The molecule has 1 unspecified atom stereocenters. The van der Waals surface area contributed by atoms with Gasteiger partial charge in [0.1, 0.15) is 0 Å². The molecule has 3 aromatic rings. The summed E-state index contributed by atoms with van der Waals surface area (Å²) in [5.74, 6) is 0. The van der Waals surface area contributed by atoms with Gasteiger partial charge in [-0.1, -0.05) is 36.0 Å². The number of benzene rings is 2. The average molecular weight is 364 g/mol. The van der Waals surface area contributed by atoms with E-state index >= 15 is 0 Å². The molecule has 2 nitrogen and oxygen atoms in total. The van der Waals surface area contributed by atoms with Crippen LogP contribution in [0.5, 0.6) is 0 Å². The number of alkyl halides is 3. The number of aromatic nitrogens is 1. The van der Waals surface area contributed by atoms with Gasteiger partial charge in [-0.2, -0.15) is 13.2 Å². The Morgan fingerprint density at radius 2 is 1.84 bits per heavy atom. The maximum absolute atomic E-state index is 13.0. The zero-order valence-electron chi connectivity index (χ0n) is 14.0. The molecule has 0 aliphatic rings. The fourth-order valence-corrected chi connectivity index (χ4v) is 4.05. The molecule has 1 atom stereocenters. The maximum atomic E-state index is 13.0. The van der Waals surface area contributed by atoms with Crippen molar-refractivity contribution in [3.63, 3.8) is 0 Å². The summed E-state index contributed by atoms with van der Waals surface area (Å²) in [4.78, 5) is 0.562. The van der Waals surface area contributed by atoms with Crippen LogP contribution in [0.25, 0.3) is 10.9 Å². The van der Waals surface area contributed by atoms with Gasteiger partial charge in [0.15, 0.2) is 0 Å². The van der Waals surface area contributed by atoms with Crippen molar-refractivity contribution in [3.8, 4) is 0 Å². The monoisotopic (exact) mass is 364 g/mol. The minimum Gasteiger partial charge on any atom is -0.338 e. The Morgan fingerprint density at radius 3 is 2.52 bits per heavy atom. The second-order valence-electron chi connectivity index (χ2n) is 6.17. The van der Waals surface area contributed by atoms with Crippen LogP contribution in [0.4, 0.5) is 13.2 Å². The second kappa shape index (κ2) is 6.77. The summed E-state index contributed by atoms with van der Waals surface area (Å²) in [5.41, 5.74) is 7.49. The molecular formula is C19H19F3N2S. The van der Waals surface area contributed by atoms with Crippen LogP contribution < -0.4 is 5.73 Å². The smallest absolute Gasteiger partial charge is 0.338 e. The molecule has 132 valence electrons. The van der Waals surface area contributed by atoms with Crippen molar-refractivity contribution in [2.24, 2.45) is 12.8 Å². The van der Waals surface area contributed by atoms with Crippen LogP contribution in [0.1, 0.15) is 18.1 Å². The number of fused-ring (bicyclic) bond motifs is 1. The third kappa shape index (κ3) is 3.70. The van der Waals surface area contributed by atoms with E-state index in [0.29, 0.717) is 11.3 Å². The fourth-order valence-electron chi connectivity index (χ4n) is 2.95. The molecule has 0 bridgehead atoms. The van der Waals surface area contributed by atoms with Gasteiger partial charge in [-0.05, 0) is 43.2 Å². The lowest BCUT2D eigenvalue weighted by Crippen LogP contribution is -2.18. The summed E-state index contributed by atoms with van der Waals surface area (Å²) in [6, 6.07) is 13.4. The predicted molar refractivity (Wildman–Crippen MR) is 95.8 cm³/mol. The molecule has 0 fully saturated rings. The van der Waals surface area contributed by atoms with Gasteiger partial charge < -0.3 is 10.3 Å². The van der Waals surface area contributed by atoms with Crippen LogP contribution in [0.3, 0.4) is 0 Å². The molecule has 2 aromatic carbocycles. The van der Waals surface area contributed by atoms with Crippen molar-refractivity contribution in [3.05, 3.63) is 59.7 Å². The highest BCUT2D eigenvalue weighted by Gasteiger charge is 2.30. The lowest BCUT2D eigenvalue weighted by atomic mass is 10.1. The average Bonchev–Trinajstić information content (AvgIpc) is 2.80. The molecule has 0 radical (unpaired) electrons. The van der Waals surface area contributed by atoms with Crippen LogP contribution in [0.15, 0.2) is 58.5 Å². The number of hydrogen-bond acceptors (Lipinski definition) is 2. The molecule has 0 aliphatic heterocycles. The fraction of sp³-hybridized carbons (Fsp3) is 0.263. The number of nitrogens with zero attached hydrogens (tertiary/aromatic N) is 1. The Morgan fingerprint density at radius 1 is 1.12 bits per heavy atom. The van der Waals surface area contributed by atoms with Gasteiger partial charge in [0.2, 0.25) is 0 Å². The zero-order valence-corrected chi connectivity index (χ0v) is 14.8. The standard InChI is InChI=1S/C19H19F3N2S/c1-12(23)10-16-15-8-3-4-9-17(15)24(2)18(16)25-14-7-5-6-13(11-14)19(20,21)22/h3-9,11-12H,10,23H2,1-2H3. The third-order valence-corrected chi connectivity index (χ3v) is 5.26. The lowest BCUT2D eigenvalue weighted by molar-refractivity contribution is -0.137. The van der Waals surface area contributed by atoms with E-state index in [9.17, 15) is 13.2 Å². The number of rotatable bonds is 4. The zero-order chi connectivity index (χ0) is 18.2. The van der Waals surface area contributed by atoms with Crippen molar-refractivity contribution in [1.29, 1.82) is 0 Å². The third-order valence-electron chi connectivity index (χ3n) is 4.06. The molecule has 0 saturated carbocycles. The van der Waals surface area contributed by atoms with Gasteiger partial charge in [0, 0.05) is 28.9 Å². The first-order valence-corrected chi connectivity index (χ1v) is 8.76. The van der Waals surface area contributed by atoms with E-state index in [1.807, 2.05) is 42.8 Å². The second-order valence-corrected chi connectivity index (χ2v) is 7.23. The molecule has 0 aliphatic carbocycles. The molecule has 6 heteroatoms. The first kappa shape index (κ1) is 17.9. The van der Waals surface area contributed by atoms with Gasteiger partial charge >= 0.3 is 6.18 Å². The molecule has 1 aromatic heterocycles. The van der Waals surface area contributed by atoms with Crippen molar-refractivity contribution in [2.75, 3.05) is 0 Å². The van der Waals surface area contributed by atoms with E-state index in [1.165, 1.54) is 23.9 Å². The van der Waals surface area contributed by atoms with Gasteiger partial charge in [0.05, 0.1) is 10.6 Å². The predicted octanol–water partition coefficient (Wildman–Crippen LogP) is 5.24. The molecule has 0 amide bonds. The molecule has 0 spiro atoms. The van der Waals surface area contributed by atoms with Gasteiger partial charge in [0.25, 0.3) is 0 Å². The number of halogens is 3. The van der Waals surface area contributed by atoms with Crippen molar-refractivity contribution in [2.45, 2.75) is 35.5 Å². The van der Waals surface area contributed by atoms with Crippen LogP contribution >= 0.6 is 11.8 Å². The minimum absolute atomic E-state index is 0.0355. The van der Waals surface area contributed by atoms with Crippen LogP contribution in [-0.4, -0.2) is 10.6 Å². The Balaban J connectivity index is 2.08. The Kier molecular flexibility index (Phi) is 4.84. The van der Waals surface area contributed by atoms with E-state index in [-0.39, 0.29) is 6.04 Å². The summed E-state index contributed by atoms with van der Waals surface area (Å²) in [6.07, 6.45) is -3.67. The van der Waals surface area contributed by atoms with E-state index in [1.54, 1.807) is 6.07 Å². The first-order valence-electron chi connectivity index (χ1n) is 7.94. The lowest BCUT2D eigenvalue weighted by Gasteiger charge is -2.11. The summed E-state index contributed by atoms with van der Waals surface area (Å²) < 4.78 is 40.9. The Labute approximate surface area is 148 Å². The van der Waals surface area contributed by atoms with E-state index < -0.39 is 11.7 Å². The Bertz CT molecular complexity index is 897. The van der Waals surface area contributed by atoms with Crippen molar-refractivity contribution < 1.29 is 13.2 Å². The van der Waals surface area contributed by atoms with Crippen molar-refractivity contribution >= 4 is 22.7 Å². The normalized spacial score (nSPS) is 13.4. The first-order chi connectivity index (χ1) is 11.8. The van der Waals surface area contributed by atoms with E-state index in [4.69, 9.17) is 5.73 Å². The van der Waals surface area contributed by atoms with Gasteiger partial charge in [-0.3, -0.25) is 0 Å². The van der Waals surface area contributed by atoms with Gasteiger partial charge in [-0.15, -0.1) is 0 Å². The molecule has 0 saturated heterocycles. The van der Waals surface area contributed by atoms with Crippen LogP contribution in [-0.2, 0) is 19.6 Å². The highest BCUT2D eigenvalue weighted by atomic mass is 32.2. The Hall–Kier alpha value is -1.92. The molecule has 25 heavy (non-hydrogen) atoms. The van der Waals surface area contributed by atoms with Gasteiger partial charge in [-0.25, -0.2) is 0 Å². The summed E-state index contributed by atoms with van der Waals surface area (Å²) in [7, 11) is 1.93. The quantitative estimate of drug-likeness (QED) is 0.686. The van der Waals surface area contributed by atoms with Crippen molar-refractivity contribution in [1.82, 2.24) is 4.57 Å². The molecule has 3 rings (SSSR count). The van der Waals surface area contributed by atoms with Crippen LogP contribution in [0.2, 0.25) is 0 Å². The highest BCUT2D eigenvalue weighted by molar-refractivity contribution is 7.99. The van der Waals surface area contributed by atoms with E-state index in [0.717, 1.165) is 27.6 Å². The topological polar surface area (TPSA) is 30.9 Å². The SMILES string of the molecule is CC(N)Cc1c(Sc2cccc(C(F)(F)F)c2)n(C)c2ccccc12. The molecule has 2 N–H and O–H groups in total. The number of para-hydroxylation sites is 1. The van der Waals surface area contributed by atoms with E-state index in [2.05, 4.69) is 0 Å².